The summed E-state index contributed by atoms with van der Waals surface area (Å²) in [6.45, 7) is 6.31. The molecule has 1 nitrogen and oxygen atoms in total. The number of Topliss-reactive ketones (excluding diaryl/α,β-unsaturated/α-hetero) is 1. The molecule has 0 radical (unpaired) electrons. The number of unbranched alkanes of at least 4 members (excludes halogenated alkanes) is 1. The van der Waals surface area contributed by atoms with E-state index in [0.29, 0.717) is 22.2 Å². The number of rotatable bonds is 9. The van der Waals surface area contributed by atoms with Crippen LogP contribution in [0.4, 0.5) is 0 Å². The fourth-order valence-corrected chi connectivity index (χ4v) is 3.57. The van der Waals surface area contributed by atoms with Crippen molar-refractivity contribution in [3.8, 4) is 0 Å². The minimum Gasteiger partial charge on any atom is -0.299 e. The molecule has 4 heteroatoms. The molecule has 0 N–H and O–H groups in total. The number of thioether (sulfide) groups is 1. The standard InChI is InChI=1S/C17H24Cl2OS/c1-4-6-7-12(3)16(20)11-17(21-5-2)13-8-9-14(18)15(19)10-13/h8-10,12,17H,4-7,11H2,1-3H3/t12-,17+/m0/s1. The van der Waals surface area contributed by atoms with Gasteiger partial charge in [-0.25, -0.2) is 0 Å². The quantitative estimate of drug-likeness (QED) is 0.502. The van der Waals surface area contributed by atoms with Gasteiger partial charge in [0.1, 0.15) is 5.78 Å². The van der Waals surface area contributed by atoms with E-state index in [-0.39, 0.29) is 11.2 Å². The zero-order valence-electron chi connectivity index (χ0n) is 13.0. The van der Waals surface area contributed by atoms with Gasteiger partial charge in [-0.15, -0.1) is 0 Å². The molecular weight excluding hydrogens is 323 g/mol. The van der Waals surface area contributed by atoms with Crippen molar-refractivity contribution in [1.82, 2.24) is 0 Å². The Morgan fingerprint density at radius 1 is 1.24 bits per heavy atom. The molecule has 0 aliphatic carbocycles. The molecule has 0 spiro atoms. The lowest BCUT2D eigenvalue weighted by atomic mass is 9.95. The summed E-state index contributed by atoms with van der Waals surface area (Å²) in [5, 5.41) is 1.28. The molecule has 2 atom stereocenters. The van der Waals surface area contributed by atoms with Crippen LogP contribution in [0.15, 0.2) is 18.2 Å². The molecule has 118 valence electrons. The van der Waals surface area contributed by atoms with Gasteiger partial charge in [0.05, 0.1) is 10.0 Å². The summed E-state index contributed by atoms with van der Waals surface area (Å²) in [5.74, 6) is 1.47. The second-order valence-corrected chi connectivity index (χ2v) is 7.63. The average Bonchev–Trinajstić information content (AvgIpc) is 2.47. The van der Waals surface area contributed by atoms with Crippen LogP contribution in [0, 0.1) is 5.92 Å². The first-order valence-corrected chi connectivity index (χ1v) is 9.39. The highest BCUT2D eigenvalue weighted by molar-refractivity contribution is 7.99. The summed E-state index contributed by atoms with van der Waals surface area (Å²) >= 11 is 13.9. The van der Waals surface area contributed by atoms with E-state index < -0.39 is 0 Å². The van der Waals surface area contributed by atoms with Gasteiger partial charge in [0.2, 0.25) is 0 Å². The second kappa shape index (κ2) is 9.76. The Bertz CT molecular complexity index is 462. The van der Waals surface area contributed by atoms with Crippen LogP contribution in [-0.2, 0) is 4.79 Å². The van der Waals surface area contributed by atoms with Gasteiger partial charge in [0.25, 0.3) is 0 Å². The number of halogens is 2. The van der Waals surface area contributed by atoms with E-state index in [1.807, 2.05) is 25.1 Å². The van der Waals surface area contributed by atoms with Crippen molar-refractivity contribution in [2.24, 2.45) is 5.92 Å². The van der Waals surface area contributed by atoms with Crippen LogP contribution in [0.1, 0.15) is 57.3 Å². The molecule has 0 heterocycles. The van der Waals surface area contributed by atoms with E-state index >= 15 is 0 Å². The maximum Gasteiger partial charge on any atom is 0.137 e. The molecule has 0 aromatic heterocycles. The number of hydrogen-bond donors (Lipinski definition) is 0. The third kappa shape index (κ3) is 6.22. The van der Waals surface area contributed by atoms with Gasteiger partial charge >= 0.3 is 0 Å². The summed E-state index contributed by atoms with van der Waals surface area (Å²) in [7, 11) is 0. The monoisotopic (exact) mass is 346 g/mol. The maximum atomic E-state index is 12.4. The normalized spacial score (nSPS) is 14.0. The number of carbonyl (C=O) groups is 1. The highest BCUT2D eigenvalue weighted by atomic mass is 35.5. The third-order valence-electron chi connectivity index (χ3n) is 3.61. The van der Waals surface area contributed by atoms with E-state index in [2.05, 4.69) is 13.8 Å². The van der Waals surface area contributed by atoms with E-state index in [0.717, 1.165) is 30.6 Å². The molecule has 0 aliphatic heterocycles. The smallest absolute Gasteiger partial charge is 0.137 e. The lowest BCUT2D eigenvalue weighted by molar-refractivity contribution is -0.122. The second-order valence-electron chi connectivity index (χ2n) is 5.33. The molecule has 0 fully saturated rings. The minimum atomic E-state index is 0.146. The number of benzene rings is 1. The Kier molecular flexibility index (Phi) is 8.77. The summed E-state index contributed by atoms with van der Waals surface area (Å²) in [6.07, 6.45) is 3.81. The van der Waals surface area contributed by atoms with E-state index in [4.69, 9.17) is 23.2 Å². The molecule has 0 aliphatic rings. The van der Waals surface area contributed by atoms with Crippen molar-refractivity contribution in [3.05, 3.63) is 33.8 Å². The van der Waals surface area contributed by atoms with Crippen LogP contribution in [0.2, 0.25) is 10.0 Å². The van der Waals surface area contributed by atoms with Gasteiger partial charge in [-0.2, -0.15) is 11.8 Å². The highest BCUT2D eigenvalue weighted by Crippen LogP contribution is 2.36. The van der Waals surface area contributed by atoms with Gasteiger partial charge in [-0.05, 0) is 29.9 Å². The molecule has 0 saturated heterocycles. The summed E-state index contributed by atoms with van der Waals surface area (Å²) in [5.41, 5.74) is 1.09. The fourth-order valence-electron chi connectivity index (χ4n) is 2.24. The predicted molar refractivity (Wildman–Crippen MR) is 95.6 cm³/mol. The van der Waals surface area contributed by atoms with Gasteiger partial charge in [0, 0.05) is 17.6 Å². The number of carbonyl (C=O) groups excluding carboxylic acids is 1. The van der Waals surface area contributed by atoms with Crippen molar-refractivity contribution >= 4 is 40.7 Å². The average molecular weight is 347 g/mol. The lowest BCUT2D eigenvalue weighted by Gasteiger charge is -2.18. The minimum absolute atomic E-state index is 0.146. The summed E-state index contributed by atoms with van der Waals surface area (Å²) < 4.78 is 0. The van der Waals surface area contributed by atoms with Gasteiger partial charge in [-0.3, -0.25) is 4.79 Å². The predicted octanol–water partition coefficient (Wildman–Crippen LogP) is 6.57. The molecule has 0 saturated carbocycles. The Morgan fingerprint density at radius 3 is 2.52 bits per heavy atom. The van der Waals surface area contributed by atoms with Gasteiger partial charge in [0.15, 0.2) is 0 Å². The SMILES string of the molecule is CCCC[C@H](C)C(=O)C[C@@H](SCC)c1ccc(Cl)c(Cl)c1. The molecule has 0 unspecified atom stereocenters. The van der Waals surface area contributed by atoms with E-state index in [1.54, 1.807) is 11.8 Å². The molecule has 0 bridgehead atoms. The molecule has 1 rings (SSSR count). The highest BCUT2D eigenvalue weighted by Gasteiger charge is 2.20. The number of hydrogen-bond acceptors (Lipinski definition) is 2. The van der Waals surface area contributed by atoms with Crippen molar-refractivity contribution in [2.75, 3.05) is 5.75 Å². The first-order chi connectivity index (χ1) is 9.99. The summed E-state index contributed by atoms with van der Waals surface area (Å²) in [6, 6.07) is 5.68. The molecule has 1 aromatic rings. The first kappa shape index (κ1) is 18.9. The van der Waals surface area contributed by atoms with Crippen LogP contribution < -0.4 is 0 Å². The molecule has 0 amide bonds. The van der Waals surface area contributed by atoms with Crippen molar-refractivity contribution in [3.63, 3.8) is 0 Å². The molecule has 1 aromatic carbocycles. The van der Waals surface area contributed by atoms with Crippen molar-refractivity contribution in [2.45, 2.75) is 51.7 Å². The Balaban J connectivity index is 2.77. The van der Waals surface area contributed by atoms with Crippen LogP contribution in [0.25, 0.3) is 0 Å². The Labute approximate surface area is 142 Å². The molecular formula is C17H24Cl2OS. The topological polar surface area (TPSA) is 17.1 Å². The van der Waals surface area contributed by atoms with Crippen LogP contribution in [0.3, 0.4) is 0 Å². The zero-order chi connectivity index (χ0) is 15.8. The van der Waals surface area contributed by atoms with Gasteiger partial charge in [-0.1, -0.05) is 62.9 Å². The third-order valence-corrected chi connectivity index (χ3v) is 5.52. The lowest BCUT2D eigenvalue weighted by Crippen LogP contribution is -2.14. The van der Waals surface area contributed by atoms with Crippen LogP contribution >= 0.6 is 35.0 Å². The maximum absolute atomic E-state index is 12.4. The zero-order valence-corrected chi connectivity index (χ0v) is 15.3. The molecule has 21 heavy (non-hydrogen) atoms. The Hall–Kier alpha value is -0.180. The van der Waals surface area contributed by atoms with Crippen molar-refractivity contribution < 1.29 is 4.79 Å². The number of ketones is 1. The summed E-state index contributed by atoms with van der Waals surface area (Å²) in [4.78, 5) is 12.4. The van der Waals surface area contributed by atoms with E-state index in [1.165, 1.54) is 0 Å². The van der Waals surface area contributed by atoms with E-state index in [9.17, 15) is 4.79 Å². The fraction of sp³-hybridized carbons (Fsp3) is 0.588. The van der Waals surface area contributed by atoms with Crippen molar-refractivity contribution in [1.29, 1.82) is 0 Å². The Morgan fingerprint density at radius 2 is 1.95 bits per heavy atom. The van der Waals surface area contributed by atoms with Crippen LogP contribution in [-0.4, -0.2) is 11.5 Å². The van der Waals surface area contributed by atoms with Crippen LogP contribution in [0.5, 0.6) is 0 Å². The van der Waals surface area contributed by atoms with Gasteiger partial charge < -0.3 is 0 Å². The first-order valence-electron chi connectivity index (χ1n) is 7.58. The largest absolute Gasteiger partial charge is 0.299 e.